The summed E-state index contributed by atoms with van der Waals surface area (Å²) in [4.78, 5) is -1.00. The molecule has 0 saturated heterocycles. The zero-order valence-electron chi connectivity index (χ0n) is 10.3. The molecule has 0 aliphatic heterocycles. The molecular weight excluding hydrogens is 317 g/mol. The number of hydrogen-bond acceptors (Lipinski definition) is 5. The standard InChI is InChI=1S/C10H9NO6S2.Na/c11-6-4-8-7(10(5-6)19(15,16)17)2-1-3-9(8)18(12,13)14;/h1-5H,11H2,(H,12,13,14)(H,15,16,17);/q;+1. The Bertz CT molecular complexity index is 876. The van der Waals surface area contributed by atoms with Crippen LogP contribution in [-0.4, -0.2) is 25.9 Å². The molecule has 7 nitrogen and oxygen atoms in total. The zero-order valence-corrected chi connectivity index (χ0v) is 13.9. The topological polar surface area (TPSA) is 135 Å². The van der Waals surface area contributed by atoms with E-state index in [0.29, 0.717) is 0 Å². The maximum Gasteiger partial charge on any atom is 1.00 e. The van der Waals surface area contributed by atoms with Gasteiger partial charge in [0.2, 0.25) is 0 Å². The first kappa shape index (κ1) is 17.4. The molecule has 0 amide bonds. The van der Waals surface area contributed by atoms with E-state index in [2.05, 4.69) is 0 Å². The number of anilines is 1. The summed E-state index contributed by atoms with van der Waals surface area (Å²) in [5, 5.41) is -0.135. The Morgan fingerprint density at radius 3 is 1.90 bits per heavy atom. The van der Waals surface area contributed by atoms with E-state index < -0.39 is 30.0 Å². The van der Waals surface area contributed by atoms with Gasteiger partial charge in [0.15, 0.2) is 0 Å². The van der Waals surface area contributed by atoms with E-state index in [1.54, 1.807) is 0 Å². The van der Waals surface area contributed by atoms with Gasteiger partial charge in [-0.25, -0.2) is 0 Å². The van der Waals surface area contributed by atoms with Crippen LogP contribution in [0.1, 0.15) is 0 Å². The van der Waals surface area contributed by atoms with Gasteiger partial charge >= 0.3 is 29.6 Å². The van der Waals surface area contributed by atoms with Crippen LogP contribution >= 0.6 is 0 Å². The summed E-state index contributed by atoms with van der Waals surface area (Å²) in [6, 6.07) is 5.85. The molecule has 0 unspecified atom stereocenters. The van der Waals surface area contributed by atoms with Crippen LogP contribution in [0.3, 0.4) is 0 Å². The normalized spacial score (nSPS) is 12.1. The van der Waals surface area contributed by atoms with Crippen LogP contribution in [0.4, 0.5) is 5.69 Å². The van der Waals surface area contributed by atoms with E-state index in [4.69, 9.17) is 14.8 Å². The molecule has 0 spiro atoms. The van der Waals surface area contributed by atoms with Gasteiger partial charge in [-0.2, -0.15) is 16.8 Å². The summed E-state index contributed by atoms with van der Waals surface area (Å²) in [6.07, 6.45) is 0. The number of nitrogens with two attached hydrogens (primary N) is 1. The Morgan fingerprint density at radius 2 is 1.40 bits per heavy atom. The van der Waals surface area contributed by atoms with Crippen LogP contribution in [0, 0.1) is 0 Å². The number of fused-ring (bicyclic) bond motifs is 1. The van der Waals surface area contributed by atoms with Crippen molar-refractivity contribution in [2.24, 2.45) is 0 Å². The SMILES string of the molecule is Nc1cc(S(=O)(=O)O)c2cccc(S(=O)(=O)O)c2c1.[Na+]. The van der Waals surface area contributed by atoms with Gasteiger partial charge < -0.3 is 5.73 Å². The molecule has 0 saturated carbocycles. The average molecular weight is 326 g/mol. The molecule has 0 bridgehead atoms. The summed E-state index contributed by atoms with van der Waals surface area (Å²) in [6.45, 7) is 0. The third-order valence-corrected chi connectivity index (χ3v) is 4.30. The van der Waals surface area contributed by atoms with Crippen molar-refractivity contribution in [2.75, 3.05) is 5.73 Å². The summed E-state index contributed by atoms with van der Waals surface area (Å²) < 4.78 is 63.1. The van der Waals surface area contributed by atoms with Crippen molar-refractivity contribution in [3.63, 3.8) is 0 Å². The van der Waals surface area contributed by atoms with Crippen molar-refractivity contribution in [1.29, 1.82) is 0 Å². The predicted octanol–water partition coefficient (Wildman–Crippen LogP) is -2.08. The maximum atomic E-state index is 11.2. The van der Waals surface area contributed by atoms with Crippen molar-refractivity contribution in [1.82, 2.24) is 0 Å². The molecular formula is C10H9NNaO6S2+. The molecule has 0 heterocycles. The number of hydrogen-bond donors (Lipinski definition) is 3. The second kappa shape index (κ2) is 5.60. The molecule has 2 aromatic rings. The van der Waals surface area contributed by atoms with Crippen molar-refractivity contribution in [3.8, 4) is 0 Å². The van der Waals surface area contributed by atoms with Gasteiger partial charge in [0.1, 0.15) is 9.79 Å². The van der Waals surface area contributed by atoms with Gasteiger partial charge in [0.05, 0.1) is 0 Å². The van der Waals surface area contributed by atoms with Crippen LogP contribution in [-0.2, 0) is 20.2 Å². The zero-order chi connectivity index (χ0) is 14.4. The van der Waals surface area contributed by atoms with Crippen LogP contribution in [0.15, 0.2) is 40.1 Å². The molecule has 20 heavy (non-hydrogen) atoms. The van der Waals surface area contributed by atoms with Gasteiger partial charge in [-0.1, -0.05) is 12.1 Å². The second-order valence-corrected chi connectivity index (χ2v) is 6.60. The quantitative estimate of drug-likeness (QED) is 0.327. The molecule has 4 N–H and O–H groups in total. The van der Waals surface area contributed by atoms with E-state index in [1.165, 1.54) is 18.2 Å². The Kier molecular flexibility index (Phi) is 4.87. The molecule has 2 rings (SSSR count). The third kappa shape index (κ3) is 3.31. The van der Waals surface area contributed by atoms with Crippen molar-refractivity contribution < 1.29 is 55.5 Å². The maximum absolute atomic E-state index is 11.2. The van der Waals surface area contributed by atoms with Gasteiger partial charge in [0, 0.05) is 16.5 Å². The average Bonchev–Trinajstić information content (AvgIpc) is 2.24. The molecule has 2 aromatic carbocycles. The van der Waals surface area contributed by atoms with Crippen molar-refractivity contribution in [2.45, 2.75) is 9.79 Å². The molecule has 0 fully saturated rings. The summed E-state index contributed by atoms with van der Waals surface area (Å²) in [5.41, 5.74) is 5.42. The van der Waals surface area contributed by atoms with Crippen molar-refractivity contribution >= 4 is 36.7 Å². The number of benzene rings is 2. The van der Waals surface area contributed by atoms with Gasteiger partial charge in [-0.15, -0.1) is 0 Å². The number of nitrogen functional groups attached to an aromatic ring is 1. The van der Waals surface area contributed by atoms with Crippen LogP contribution in [0.2, 0.25) is 0 Å². The summed E-state index contributed by atoms with van der Waals surface area (Å²) in [5.74, 6) is 0. The second-order valence-electron chi connectivity index (χ2n) is 3.82. The molecule has 102 valence electrons. The van der Waals surface area contributed by atoms with Crippen LogP contribution in [0.5, 0.6) is 0 Å². The Morgan fingerprint density at radius 1 is 0.850 bits per heavy atom. The van der Waals surface area contributed by atoms with Crippen molar-refractivity contribution in [3.05, 3.63) is 30.3 Å². The molecule has 0 aliphatic carbocycles. The predicted molar refractivity (Wildman–Crippen MR) is 68.0 cm³/mol. The van der Waals surface area contributed by atoms with E-state index >= 15 is 0 Å². The first-order chi connectivity index (χ1) is 8.60. The Hall–Kier alpha value is -0.680. The minimum atomic E-state index is -4.57. The van der Waals surface area contributed by atoms with Gasteiger partial charge in [0.25, 0.3) is 20.2 Å². The largest absolute Gasteiger partial charge is 1.00 e. The first-order valence-electron chi connectivity index (χ1n) is 4.88. The molecule has 0 aromatic heterocycles. The minimum absolute atomic E-state index is 0. The van der Waals surface area contributed by atoms with Crippen LogP contribution < -0.4 is 35.3 Å². The summed E-state index contributed by atoms with van der Waals surface area (Å²) in [7, 11) is -9.11. The van der Waals surface area contributed by atoms with E-state index in [9.17, 15) is 16.8 Å². The van der Waals surface area contributed by atoms with Gasteiger partial charge in [-0.3, -0.25) is 9.11 Å². The Labute approximate surface area is 137 Å². The number of rotatable bonds is 2. The molecule has 0 radical (unpaired) electrons. The molecule has 10 heteroatoms. The first-order valence-corrected chi connectivity index (χ1v) is 7.76. The fourth-order valence-electron chi connectivity index (χ4n) is 1.78. The smallest absolute Gasteiger partial charge is 0.399 e. The monoisotopic (exact) mass is 326 g/mol. The van der Waals surface area contributed by atoms with E-state index in [1.807, 2.05) is 0 Å². The molecule has 0 atom stereocenters. The fourth-order valence-corrected chi connectivity index (χ4v) is 3.22. The Balaban J connectivity index is 0.00000200. The fraction of sp³-hybridized carbons (Fsp3) is 0. The molecule has 0 aliphatic rings. The minimum Gasteiger partial charge on any atom is -0.399 e. The van der Waals surface area contributed by atoms with E-state index in [-0.39, 0.29) is 46.0 Å². The summed E-state index contributed by atoms with van der Waals surface area (Å²) >= 11 is 0. The van der Waals surface area contributed by atoms with Crippen LogP contribution in [0.25, 0.3) is 10.8 Å². The van der Waals surface area contributed by atoms with E-state index in [0.717, 1.165) is 12.1 Å². The third-order valence-electron chi connectivity index (χ3n) is 2.50. The van der Waals surface area contributed by atoms with Gasteiger partial charge in [-0.05, 0) is 18.2 Å².